The summed E-state index contributed by atoms with van der Waals surface area (Å²) < 4.78 is 14.3. The Labute approximate surface area is 149 Å². The van der Waals surface area contributed by atoms with Crippen LogP contribution in [0.25, 0.3) is 0 Å². The molecule has 1 aromatic carbocycles. The second-order valence-electron chi connectivity index (χ2n) is 7.16. The Morgan fingerprint density at radius 2 is 2.12 bits per heavy atom. The molecule has 1 aromatic rings. The third-order valence-corrected chi connectivity index (χ3v) is 4.38. The summed E-state index contributed by atoms with van der Waals surface area (Å²) >= 11 is 0. The lowest BCUT2D eigenvalue weighted by Crippen LogP contribution is -2.42. The molecule has 0 bridgehead atoms. The lowest BCUT2D eigenvalue weighted by molar-refractivity contribution is -0.116. The van der Waals surface area contributed by atoms with Gasteiger partial charge in [-0.3, -0.25) is 9.59 Å². The number of nitrogens with zero attached hydrogens (tertiary/aromatic N) is 1. The van der Waals surface area contributed by atoms with Gasteiger partial charge in [0, 0.05) is 25.1 Å². The molecule has 0 aliphatic carbocycles. The van der Waals surface area contributed by atoms with Crippen LogP contribution in [0, 0.1) is 17.7 Å². The molecule has 1 atom stereocenters. The molecule has 1 heterocycles. The van der Waals surface area contributed by atoms with Crippen LogP contribution >= 0.6 is 0 Å². The highest BCUT2D eigenvalue weighted by Crippen LogP contribution is 2.21. The van der Waals surface area contributed by atoms with E-state index in [2.05, 4.69) is 10.6 Å². The zero-order valence-corrected chi connectivity index (χ0v) is 15.3. The number of hydrogen-bond acceptors (Lipinski definition) is 3. The number of carbonyl (C=O) groups is 2. The maximum absolute atomic E-state index is 14.3. The Kier molecular flexibility index (Phi) is 6.93. The first-order valence-electron chi connectivity index (χ1n) is 8.94. The molecule has 1 aliphatic rings. The van der Waals surface area contributed by atoms with Gasteiger partial charge in [0.05, 0.1) is 5.69 Å². The third-order valence-electron chi connectivity index (χ3n) is 4.38. The van der Waals surface area contributed by atoms with Crippen molar-refractivity contribution in [2.75, 3.05) is 32.0 Å². The van der Waals surface area contributed by atoms with Crippen LogP contribution in [0.15, 0.2) is 18.2 Å². The minimum atomic E-state index is -0.577. The molecule has 1 saturated heterocycles. The van der Waals surface area contributed by atoms with Crippen molar-refractivity contribution >= 4 is 17.5 Å². The molecule has 5 nitrogen and oxygen atoms in total. The largest absolute Gasteiger partial charge is 0.338 e. The van der Waals surface area contributed by atoms with E-state index in [1.54, 1.807) is 11.0 Å². The molecule has 0 radical (unpaired) electrons. The summed E-state index contributed by atoms with van der Waals surface area (Å²) in [6.45, 7) is 6.12. The van der Waals surface area contributed by atoms with E-state index in [1.807, 2.05) is 20.9 Å². The predicted octanol–water partition coefficient (Wildman–Crippen LogP) is 2.88. The third kappa shape index (κ3) is 5.53. The van der Waals surface area contributed by atoms with Gasteiger partial charge in [0.25, 0.3) is 5.91 Å². The van der Waals surface area contributed by atoms with Gasteiger partial charge in [-0.1, -0.05) is 13.8 Å². The molecule has 1 fully saturated rings. The van der Waals surface area contributed by atoms with E-state index in [0.717, 1.165) is 19.4 Å². The van der Waals surface area contributed by atoms with E-state index >= 15 is 0 Å². The quantitative estimate of drug-likeness (QED) is 0.830. The topological polar surface area (TPSA) is 61.4 Å². The normalized spacial score (nSPS) is 17.6. The van der Waals surface area contributed by atoms with Crippen molar-refractivity contribution in [2.24, 2.45) is 11.8 Å². The predicted molar refractivity (Wildman–Crippen MR) is 97.0 cm³/mol. The first-order chi connectivity index (χ1) is 11.9. The fourth-order valence-electron chi connectivity index (χ4n) is 3.21. The number of amides is 2. The molecule has 0 aromatic heterocycles. The minimum absolute atomic E-state index is 0.119. The Bertz CT molecular complexity index is 617. The summed E-state index contributed by atoms with van der Waals surface area (Å²) in [5.74, 6) is -0.318. The number of hydrogen-bond donors (Lipinski definition) is 2. The highest BCUT2D eigenvalue weighted by Gasteiger charge is 2.24. The number of carbonyl (C=O) groups excluding carboxylic acids is 2. The number of likely N-dealkylation sites (tertiary alicyclic amines) is 1. The standard InChI is InChI=1S/C19H28FN3O2/c1-13(2)9-18(24)22-17-7-6-15(10-16(17)20)19(25)23-8-4-5-14(12-23)11-21-3/h6-7,10,13-14,21H,4-5,8-9,11-12H2,1-3H3,(H,22,24). The lowest BCUT2D eigenvalue weighted by Gasteiger charge is -2.32. The smallest absolute Gasteiger partial charge is 0.253 e. The van der Waals surface area contributed by atoms with Crippen LogP contribution in [0.4, 0.5) is 10.1 Å². The van der Waals surface area contributed by atoms with E-state index in [1.165, 1.54) is 12.1 Å². The molecule has 2 rings (SSSR count). The van der Waals surface area contributed by atoms with Crippen molar-refractivity contribution in [2.45, 2.75) is 33.1 Å². The number of benzene rings is 1. The van der Waals surface area contributed by atoms with Crippen LogP contribution in [-0.4, -0.2) is 43.4 Å². The van der Waals surface area contributed by atoms with E-state index in [-0.39, 0.29) is 23.4 Å². The number of rotatable bonds is 6. The first kappa shape index (κ1) is 19.4. The van der Waals surface area contributed by atoms with Gasteiger partial charge in [0.2, 0.25) is 5.91 Å². The Morgan fingerprint density at radius 3 is 2.76 bits per heavy atom. The molecular formula is C19H28FN3O2. The first-order valence-corrected chi connectivity index (χ1v) is 8.94. The van der Waals surface area contributed by atoms with E-state index in [9.17, 15) is 14.0 Å². The molecule has 2 amide bonds. The van der Waals surface area contributed by atoms with Gasteiger partial charge in [-0.05, 0) is 56.5 Å². The van der Waals surface area contributed by atoms with Crippen LogP contribution in [0.2, 0.25) is 0 Å². The lowest BCUT2D eigenvalue weighted by atomic mass is 9.97. The van der Waals surface area contributed by atoms with Crippen molar-refractivity contribution in [3.8, 4) is 0 Å². The highest BCUT2D eigenvalue weighted by molar-refractivity contribution is 5.96. The number of nitrogens with one attached hydrogen (secondary N) is 2. The van der Waals surface area contributed by atoms with Crippen molar-refractivity contribution in [3.63, 3.8) is 0 Å². The van der Waals surface area contributed by atoms with Crippen molar-refractivity contribution in [3.05, 3.63) is 29.6 Å². The maximum atomic E-state index is 14.3. The zero-order valence-electron chi connectivity index (χ0n) is 15.3. The number of piperidine rings is 1. The van der Waals surface area contributed by atoms with E-state index in [4.69, 9.17) is 0 Å². The molecule has 2 N–H and O–H groups in total. The maximum Gasteiger partial charge on any atom is 0.253 e. The monoisotopic (exact) mass is 349 g/mol. The van der Waals surface area contributed by atoms with Gasteiger partial charge < -0.3 is 15.5 Å². The summed E-state index contributed by atoms with van der Waals surface area (Å²) in [5, 5.41) is 5.71. The second kappa shape index (κ2) is 8.94. The average molecular weight is 349 g/mol. The number of halogens is 1. The summed E-state index contributed by atoms with van der Waals surface area (Å²) in [6.07, 6.45) is 2.39. The van der Waals surface area contributed by atoms with Crippen molar-refractivity contribution < 1.29 is 14.0 Å². The Hall–Kier alpha value is -1.95. The Morgan fingerprint density at radius 1 is 1.36 bits per heavy atom. The minimum Gasteiger partial charge on any atom is -0.338 e. The molecular weight excluding hydrogens is 321 g/mol. The Balaban J connectivity index is 2.03. The van der Waals surface area contributed by atoms with Crippen LogP contribution in [0.5, 0.6) is 0 Å². The zero-order chi connectivity index (χ0) is 18.4. The van der Waals surface area contributed by atoms with Crippen LogP contribution in [0.3, 0.4) is 0 Å². The number of anilines is 1. The summed E-state index contributed by atoms with van der Waals surface area (Å²) in [7, 11) is 1.91. The van der Waals surface area contributed by atoms with Crippen LogP contribution in [-0.2, 0) is 4.79 Å². The van der Waals surface area contributed by atoms with Gasteiger partial charge in [0.1, 0.15) is 5.82 Å². The average Bonchev–Trinajstić information content (AvgIpc) is 2.56. The summed E-state index contributed by atoms with van der Waals surface area (Å²) in [4.78, 5) is 26.2. The van der Waals surface area contributed by atoms with E-state index < -0.39 is 5.82 Å². The molecule has 1 aliphatic heterocycles. The summed E-state index contributed by atoms with van der Waals surface area (Å²) in [5.41, 5.74) is 0.443. The van der Waals surface area contributed by atoms with Gasteiger partial charge in [-0.25, -0.2) is 4.39 Å². The molecule has 25 heavy (non-hydrogen) atoms. The highest BCUT2D eigenvalue weighted by atomic mass is 19.1. The summed E-state index contributed by atoms with van der Waals surface area (Å²) in [6, 6.07) is 4.27. The van der Waals surface area contributed by atoms with Gasteiger partial charge in [0.15, 0.2) is 0 Å². The van der Waals surface area contributed by atoms with Crippen molar-refractivity contribution in [1.82, 2.24) is 10.2 Å². The fraction of sp³-hybridized carbons (Fsp3) is 0.579. The fourth-order valence-corrected chi connectivity index (χ4v) is 3.21. The van der Waals surface area contributed by atoms with Gasteiger partial charge in [-0.2, -0.15) is 0 Å². The van der Waals surface area contributed by atoms with E-state index in [0.29, 0.717) is 31.0 Å². The van der Waals surface area contributed by atoms with Crippen LogP contribution in [0.1, 0.15) is 43.5 Å². The van der Waals surface area contributed by atoms with Gasteiger partial charge in [-0.15, -0.1) is 0 Å². The SMILES string of the molecule is CNCC1CCCN(C(=O)c2ccc(NC(=O)CC(C)C)c(F)c2)C1. The molecule has 0 saturated carbocycles. The van der Waals surface area contributed by atoms with Crippen LogP contribution < -0.4 is 10.6 Å². The van der Waals surface area contributed by atoms with Gasteiger partial charge >= 0.3 is 0 Å². The second-order valence-corrected chi connectivity index (χ2v) is 7.16. The molecule has 1 unspecified atom stereocenters. The molecule has 0 spiro atoms. The van der Waals surface area contributed by atoms with Crippen molar-refractivity contribution in [1.29, 1.82) is 0 Å². The molecule has 6 heteroatoms. The molecule has 138 valence electrons.